The Kier molecular flexibility index (Phi) is 5.08. The summed E-state index contributed by atoms with van der Waals surface area (Å²) in [6.45, 7) is 3.22. The molecule has 1 rings (SSSR count). The smallest absolute Gasteiger partial charge is 0.214 e. The van der Waals surface area contributed by atoms with Crippen LogP contribution < -0.4 is 0 Å². The van der Waals surface area contributed by atoms with Crippen LogP contribution in [0.2, 0.25) is 0 Å². The molecule has 0 saturated carbocycles. The molecule has 0 N–H and O–H groups in total. The van der Waals surface area contributed by atoms with Crippen molar-refractivity contribution in [2.75, 3.05) is 0 Å². The Hall–Kier alpha value is -0.820. The summed E-state index contributed by atoms with van der Waals surface area (Å²) in [4.78, 5) is -1.07. The van der Waals surface area contributed by atoms with Crippen molar-refractivity contribution in [1.29, 1.82) is 0 Å². The van der Waals surface area contributed by atoms with Gasteiger partial charge >= 0.3 is 5.51 Å². The molecule has 0 heterocycles. The maximum Gasteiger partial charge on any atom is 0.501 e. The van der Waals surface area contributed by atoms with Crippen LogP contribution in [0.1, 0.15) is 31.7 Å². The lowest BCUT2D eigenvalue weighted by Gasteiger charge is -2.21. The predicted octanol–water partition coefficient (Wildman–Crippen LogP) is 4.24. The van der Waals surface area contributed by atoms with Gasteiger partial charge in [-0.25, -0.2) is 12.8 Å². The van der Waals surface area contributed by atoms with Gasteiger partial charge in [-0.05, 0) is 30.0 Å². The van der Waals surface area contributed by atoms with E-state index in [-0.39, 0.29) is 5.56 Å². The van der Waals surface area contributed by atoms with Gasteiger partial charge in [0, 0.05) is 5.38 Å². The van der Waals surface area contributed by atoms with Crippen LogP contribution in [0.25, 0.3) is 0 Å². The fraction of sp³-hybridized carbons (Fsp3) is 0.500. The van der Waals surface area contributed by atoms with Crippen molar-refractivity contribution in [2.45, 2.75) is 42.0 Å². The summed E-state index contributed by atoms with van der Waals surface area (Å²) < 4.78 is 74.1. The zero-order valence-electron chi connectivity index (χ0n) is 10.7. The Labute approximate surface area is 119 Å². The zero-order valence-corrected chi connectivity index (χ0v) is 12.3. The van der Waals surface area contributed by atoms with Crippen molar-refractivity contribution in [2.24, 2.45) is 0 Å². The second kappa shape index (κ2) is 5.89. The van der Waals surface area contributed by atoms with Crippen LogP contribution >= 0.6 is 11.6 Å². The van der Waals surface area contributed by atoms with Gasteiger partial charge in [0.2, 0.25) is 0 Å². The molecule has 0 radical (unpaired) electrons. The zero-order chi connectivity index (χ0) is 15.7. The standard InChI is InChI=1S/C12H13ClF4O2S/c1-3-10(13)7(2)9-5-4-8(14)6-11(9)20(18,19)12(15,16)17/h4-7,10H,3H2,1-2H3. The summed E-state index contributed by atoms with van der Waals surface area (Å²) in [7, 11) is -5.61. The first kappa shape index (κ1) is 17.2. The van der Waals surface area contributed by atoms with Gasteiger partial charge in [0.25, 0.3) is 9.84 Å². The van der Waals surface area contributed by atoms with Crippen molar-refractivity contribution < 1.29 is 26.0 Å². The Morgan fingerprint density at radius 1 is 1.30 bits per heavy atom. The molecule has 0 amide bonds. The van der Waals surface area contributed by atoms with Crippen molar-refractivity contribution in [1.82, 2.24) is 0 Å². The molecule has 0 spiro atoms. The predicted molar refractivity (Wildman–Crippen MR) is 68.0 cm³/mol. The summed E-state index contributed by atoms with van der Waals surface area (Å²) in [6, 6.07) is 2.33. The summed E-state index contributed by atoms with van der Waals surface area (Å²) in [6.07, 6.45) is 0.436. The average molecular weight is 333 g/mol. The summed E-state index contributed by atoms with van der Waals surface area (Å²) in [5, 5.41) is -0.553. The van der Waals surface area contributed by atoms with Gasteiger partial charge in [-0.3, -0.25) is 0 Å². The first-order valence-electron chi connectivity index (χ1n) is 5.77. The molecule has 0 aromatic heterocycles. The van der Waals surface area contributed by atoms with E-state index < -0.39 is 37.4 Å². The van der Waals surface area contributed by atoms with Crippen LogP contribution in [0.3, 0.4) is 0 Å². The van der Waals surface area contributed by atoms with Gasteiger partial charge in [-0.1, -0.05) is 19.9 Å². The van der Waals surface area contributed by atoms with Crippen LogP contribution in [0.15, 0.2) is 23.1 Å². The molecule has 8 heteroatoms. The van der Waals surface area contributed by atoms with Crippen molar-refractivity contribution in [3.05, 3.63) is 29.6 Å². The third-order valence-electron chi connectivity index (χ3n) is 2.99. The van der Waals surface area contributed by atoms with E-state index in [9.17, 15) is 26.0 Å². The van der Waals surface area contributed by atoms with E-state index in [1.165, 1.54) is 6.92 Å². The van der Waals surface area contributed by atoms with Crippen LogP contribution in [-0.4, -0.2) is 19.3 Å². The minimum Gasteiger partial charge on any atom is -0.214 e. The molecule has 2 unspecified atom stereocenters. The monoisotopic (exact) mass is 332 g/mol. The largest absolute Gasteiger partial charge is 0.501 e. The van der Waals surface area contributed by atoms with E-state index in [2.05, 4.69) is 0 Å². The molecule has 0 saturated heterocycles. The quantitative estimate of drug-likeness (QED) is 0.610. The molecule has 0 aliphatic rings. The highest BCUT2D eigenvalue weighted by Gasteiger charge is 2.48. The second-order valence-electron chi connectivity index (χ2n) is 4.34. The molecule has 2 atom stereocenters. The third-order valence-corrected chi connectivity index (χ3v) is 5.22. The van der Waals surface area contributed by atoms with Gasteiger partial charge in [-0.15, -0.1) is 11.6 Å². The number of rotatable bonds is 4. The normalized spacial score (nSPS) is 15.9. The lowest BCUT2D eigenvalue weighted by atomic mass is 9.96. The number of sulfone groups is 1. The Balaban J connectivity index is 3.51. The van der Waals surface area contributed by atoms with Crippen molar-refractivity contribution in [3.63, 3.8) is 0 Å². The fourth-order valence-electron chi connectivity index (χ4n) is 1.79. The average Bonchev–Trinajstić information content (AvgIpc) is 2.35. The minimum atomic E-state index is -5.61. The Bertz CT molecular complexity index is 584. The van der Waals surface area contributed by atoms with E-state index in [1.807, 2.05) is 0 Å². The number of alkyl halides is 4. The van der Waals surface area contributed by atoms with Gasteiger partial charge < -0.3 is 0 Å². The summed E-state index contributed by atoms with van der Waals surface area (Å²) in [5.41, 5.74) is -5.62. The van der Waals surface area contributed by atoms with Crippen molar-refractivity contribution in [3.8, 4) is 0 Å². The van der Waals surface area contributed by atoms with E-state index >= 15 is 0 Å². The van der Waals surface area contributed by atoms with E-state index in [0.717, 1.165) is 12.1 Å². The fourth-order valence-corrected chi connectivity index (χ4v) is 3.01. The molecule has 0 bridgehead atoms. The van der Waals surface area contributed by atoms with E-state index in [4.69, 9.17) is 11.6 Å². The van der Waals surface area contributed by atoms with Crippen LogP contribution in [0, 0.1) is 5.82 Å². The van der Waals surface area contributed by atoms with Crippen molar-refractivity contribution >= 4 is 21.4 Å². The molecule has 0 fully saturated rings. The van der Waals surface area contributed by atoms with Gasteiger partial charge in [0.1, 0.15) is 5.82 Å². The van der Waals surface area contributed by atoms with Gasteiger partial charge in [0.15, 0.2) is 0 Å². The molecule has 0 aliphatic carbocycles. The second-order valence-corrected chi connectivity index (χ2v) is 6.81. The number of halogens is 5. The minimum absolute atomic E-state index is 0.134. The maximum atomic E-state index is 13.1. The Morgan fingerprint density at radius 2 is 1.85 bits per heavy atom. The number of benzene rings is 1. The molecular formula is C12H13ClF4O2S. The van der Waals surface area contributed by atoms with Crippen LogP contribution in [-0.2, 0) is 9.84 Å². The highest BCUT2D eigenvalue weighted by Crippen LogP contribution is 2.37. The number of hydrogen-bond acceptors (Lipinski definition) is 2. The van der Waals surface area contributed by atoms with Crippen LogP contribution in [0.5, 0.6) is 0 Å². The van der Waals surface area contributed by atoms with E-state index in [1.54, 1.807) is 6.92 Å². The highest BCUT2D eigenvalue weighted by atomic mass is 35.5. The van der Waals surface area contributed by atoms with Gasteiger partial charge in [-0.2, -0.15) is 13.2 Å². The summed E-state index contributed by atoms with van der Waals surface area (Å²) in [5.74, 6) is -1.71. The molecule has 0 aliphatic heterocycles. The molecule has 20 heavy (non-hydrogen) atoms. The lowest BCUT2D eigenvalue weighted by Crippen LogP contribution is -2.25. The van der Waals surface area contributed by atoms with E-state index in [0.29, 0.717) is 12.5 Å². The topological polar surface area (TPSA) is 34.1 Å². The SMILES string of the molecule is CCC(Cl)C(C)c1ccc(F)cc1S(=O)(=O)C(F)(F)F. The highest BCUT2D eigenvalue weighted by molar-refractivity contribution is 7.92. The molecule has 2 nitrogen and oxygen atoms in total. The Morgan fingerprint density at radius 3 is 2.30 bits per heavy atom. The maximum absolute atomic E-state index is 13.1. The third kappa shape index (κ3) is 3.25. The van der Waals surface area contributed by atoms with Gasteiger partial charge in [0.05, 0.1) is 4.90 Å². The van der Waals surface area contributed by atoms with Crippen LogP contribution in [0.4, 0.5) is 17.6 Å². The first-order chi connectivity index (χ1) is 9.02. The molecule has 1 aromatic rings. The molecular weight excluding hydrogens is 320 g/mol. The molecule has 114 valence electrons. The first-order valence-corrected chi connectivity index (χ1v) is 7.69. The lowest BCUT2D eigenvalue weighted by molar-refractivity contribution is -0.0436. The molecule has 1 aromatic carbocycles. The summed E-state index contributed by atoms with van der Waals surface area (Å²) >= 11 is 5.96. The number of hydrogen-bond donors (Lipinski definition) is 0.